The Labute approximate surface area is 166 Å². The molecule has 0 saturated heterocycles. The highest BCUT2D eigenvalue weighted by atomic mass is 32.2. The van der Waals surface area contributed by atoms with Crippen LogP contribution in [-0.4, -0.2) is 27.9 Å². The molecule has 1 atom stereocenters. The molecule has 0 radical (unpaired) electrons. The highest BCUT2D eigenvalue weighted by molar-refractivity contribution is 7.99. The lowest BCUT2D eigenvalue weighted by Crippen LogP contribution is -2.48. The SMILES string of the molecule is CCCCC[C@H](C)NC(=O)CSc1nnc(C23CC4CC(CC(C4)C2)C3)o1. The molecular weight excluding hydrogens is 358 g/mol. The number of nitrogens with one attached hydrogen (secondary N) is 1. The van der Waals surface area contributed by atoms with Gasteiger partial charge in [0.2, 0.25) is 11.8 Å². The van der Waals surface area contributed by atoms with E-state index in [-0.39, 0.29) is 17.4 Å². The van der Waals surface area contributed by atoms with Gasteiger partial charge in [0.25, 0.3) is 5.22 Å². The molecule has 5 rings (SSSR count). The summed E-state index contributed by atoms with van der Waals surface area (Å²) in [4.78, 5) is 12.2. The fourth-order valence-corrected chi connectivity index (χ4v) is 6.65. The molecule has 1 aromatic rings. The lowest BCUT2D eigenvalue weighted by Gasteiger charge is -2.55. The van der Waals surface area contributed by atoms with E-state index in [1.165, 1.54) is 69.5 Å². The summed E-state index contributed by atoms with van der Waals surface area (Å²) >= 11 is 1.37. The fourth-order valence-electron chi connectivity index (χ4n) is 6.07. The monoisotopic (exact) mass is 391 g/mol. The zero-order valence-electron chi connectivity index (χ0n) is 16.7. The van der Waals surface area contributed by atoms with E-state index >= 15 is 0 Å². The summed E-state index contributed by atoms with van der Waals surface area (Å²) in [5.74, 6) is 3.83. The first-order valence-corrected chi connectivity index (χ1v) is 11.8. The van der Waals surface area contributed by atoms with E-state index in [1.807, 2.05) is 0 Å². The molecule has 4 fully saturated rings. The predicted octanol–water partition coefficient (Wildman–Crippen LogP) is 4.71. The van der Waals surface area contributed by atoms with Crippen LogP contribution >= 0.6 is 11.8 Å². The summed E-state index contributed by atoms with van der Waals surface area (Å²) in [6.45, 7) is 4.28. The Morgan fingerprint density at radius 1 is 1.19 bits per heavy atom. The molecule has 5 nitrogen and oxygen atoms in total. The van der Waals surface area contributed by atoms with Crippen molar-refractivity contribution in [3.63, 3.8) is 0 Å². The molecular formula is C21H33N3O2S. The minimum absolute atomic E-state index is 0.0542. The van der Waals surface area contributed by atoms with Crippen LogP contribution in [0.5, 0.6) is 0 Å². The van der Waals surface area contributed by atoms with Crippen molar-refractivity contribution in [2.75, 3.05) is 5.75 Å². The van der Waals surface area contributed by atoms with Crippen LogP contribution in [0.1, 0.15) is 83.9 Å². The Morgan fingerprint density at radius 3 is 2.48 bits per heavy atom. The average molecular weight is 392 g/mol. The third-order valence-corrected chi connectivity index (χ3v) is 7.69. The number of nitrogens with zero attached hydrogens (tertiary/aromatic N) is 2. The minimum Gasteiger partial charge on any atom is -0.415 e. The van der Waals surface area contributed by atoms with Crippen LogP contribution in [0, 0.1) is 17.8 Å². The van der Waals surface area contributed by atoms with Gasteiger partial charge in [0.05, 0.1) is 5.75 Å². The number of hydrogen-bond acceptors (Lipinski definition) is 5. The van der Waals surface area contributed by atoms with Crippen LogP contribution in [0.4, 0.5) is 0 Å². The Bertz CT molecular complexity index is 624. The van der Waals surface area contributed by atoms with Gasteiger partial charge in [-0.1, -0.05) is 37.9 Å². The summed E-state index contributed by atoms with van der Waals surface area (Å²) in [6.07, 6.45) is 12.5. The van der Waals surface area contributed by atoms with Gasteiger partial charge >= 0.3 is 0 Å². The van der Waals surface area contributed by atoms with E-state index in [1.54, 1.807) is 0 Å². The fraction of sp³-hybridized carbons (Fsp3) is 0.857. The van der Waals surface area contributed by atoms with Crippen molar-refractivity contribution in [2.45, 2.75) is 94.7 Å². The summed E-state index contributed by atoms with van der Waals surface area (Å²) in [6, 6.07) is 0.231. The van der Waals surface area contributed by atoms with E-state index in [4.69, 9.17) is 4.42 Å². The first-order valence-electron chi connectivity index (χ1n) is 10.8. The number of amides is 1. The van der Waals surface area contributed by atoms with E-state index in [0.717, 1.165) is 30.1 Å². The lowest BCUT2D eigenvalue weighted by atomic mass is 9.49. The summed E-state index contributed by atoms with van der Waals surface area (Å²) < 4.78 is 6.06. The molecule has 0 spiro atoms. The van der Waals surface area contributed by atoms with Gasteiger partial charge in [-0.3, -0.25) is 4.79 Å². The number of rotatable bonds is 9. The Balaban J connectivity index is 1.28. The quantitative estimate of drug-likeness (QED) is 0.487. The van der Waals surface area contributed by atoms with Crippen molar-refractivity contribution >= 4 is 17.7 Å². The highest BCUT2D eigenvalue weighted by Crippen LogP contribution is 2.60. The summed E-state index contributed by atoms with van der Waals surface area (Å²) in [7, 11) is 0. The van der Waals surface area contributed by atoms with Gasteiger partial charge in [-0.2, -0.15) is 0 Å². The van der Waals surface area contributed by atoms with Crippen molar-refractivity contribution in [1.29, 1.82) is 0 Å². The van der Waals surface area contributed by atoms with Gasteiger partial charge in [-0.15, -0.1) is 10.2 Å². The Morgan fingerprint density at radius 2 is 1.85 bits per heavy atom. The molecule has 4 bridgehead atoms. The molecule has 0 aromatic carbocycles. The van der Waals surface area contributed by atoms with Crippen LogP contribution in [-0.2, 0) is 10.2 Å². The molecule has 4 saturated carbocycles. The molecule has 1 N–H and O–H groups in total. The molecule has 27 heavy (non-hydrogen) atoms. The number of carbonyl (C=O) groups excluding carboxylic acids is 1. The molecule has 1 amide bonds. The first kappa shape index (κ1) is 19.3. The van der Waals surface area contributed by atoms with E-state index in [0.29, 0.717) is 11.0 Å². The maximum atomic E-state index is 12.2. The molecule has 0 aliphatic heterocycles. The average Bonchev–Trinajstić information content (AvgIpc) is 3.09. The van der Waals surface area contributed by atoms with Gasteiger partial charge < -0.3 is 9.73 Å². The highest BCUT2D eigenvalue weighted by Gasteiger charge is 2.54. The standard InChI is InChI=1S/C21H33N3O2S/c1-3-4-5-6-14(2)22-18(25)13-27-20-24-23-19(26-20)21-10-15-7-16(11-21)9-17(8-15)12-21/h14-17H,3-13H2,1-2H3,(H,22,25)/t14-,15?,16?,17?,21?/m0/s1. The smallest absolute Gasteiger partial charge is 0.277 e. The van der Waals surface area contributed by atoms with E-state index < -0.39 is 0 Å². The van der Waals surface area contributed by atoms with E-state index in [2.05, 4.69) is 29.4 Å². The van der Waals surface area contributed by atoms with Crippen LogP contribution < -0.4 is 5.32 Å². The van der Waals surface area contributed by atoms with Gasteiger partial charge in [-0.25, -0.2) is 0 Å². The maximum Gasteiger partial charge on any atom is 0.277 e. The van der Waals surface area contributed by atoms with Crippen molar-refractivity contribution in [3.05, 3.63) is 5.89 Å². The van der Waals surface area contributed by atoms with Crippen molar-refractivity contribution in [3.8, 4) is 0 Å². The summed E-state index contributed by atoms with van der Waals surface area (Å²) in [5.41, 5.74) is 0.136. The number of thioether (sulfide) groups is 1. The Hall–Kier alpha value is -1.04. The Kier molecular flexibility index (Phi) is 5.81. The van der Waals surface area contributed by atoms with Gasteiger partial charge in [0.1, 0.15) is 0 Å². The molecule has 150 valence electrons. The molecule has 4 aliphatic carbocycles. The number of hydrogen-bond donors (Lipinski definition) is 1. The molecule has 4 aliphatic rings. The topological polar surface area (TPSA) is 68.0 Å². The number of unbranched alkanes of at least 4 members (excludes halogenated alkanes) is 2. The van der Waals surface area contributed by atoms with Crippen LogP contribution in [0.3, 0.4) is 0 Å². The zero-order chi connectivity index (χ0) is 18.9. The van der Waals surface area contributed by atoms with Crippen LogP contribution in [0.15, 0.2) is 9.64 Å². The molecule has 1 heterocycles. The maximum absolute atomic E-state index is 12.2. The zero-order valence-corrected chi connectivity index (χ0v) is 17.5. The molecule has 0 unspecified atom stereocenters. The van der Waals surface area contributed by atoms with Crippen molar-refractivity contribution in [1.82, 2.24) is 15.5 Å². The molecule has 1 aromatic heterocycles. The lowest BCUT2D eigenvalue weighted by molar-refractivity contribution is -0.119. The predicted molar refractivity (Wildman–Crippen MR) is 107 cm³/mol. The normalized spacial score (nSPS) is 32.6. The number of aromatic nitrogens is 2. The first-order chi connectivity index (χ1) is 13.1. The third kappa shape index (κ3) is 4.36. The van der Waals surface area contributed by atoms with Crippen LogP contribution in [0.2, 0.25) is 0 Å². The summed E-state index contributed by atoms with van der Waals surface area (Å²) in [5, 5.41) is 12.3. The minimum atomic E-state index is 0.0542. The van der Waals surface area contributed by atoms with Gasteiger partial charge in [0.15, 0.2) is 0 Å². The van der Waals surface area contributed by atoms with E-state index in [9.17, 15) is 4.79 Å². The second-order valence-electron chi connectivity index (χ2n) is 9.32. The second-order valence-corrected chi connectivity index (χ2v) is 10.3. The van der Waals surface area contributed by atoms with Gasteiger partial charge in [-0.05, 0) is 69.6 Å². The van der Waals surface area contributed by atoms with Crippen LogP contribution in [0.25, 0.3) is 0 Å². The van der Waals surface area contributed by atoms with Gasteiger partial charge in [0, 0.05) is 11.5 Å². The largest absolute Gasteiger partial charge is 0.415 e. The third-order valence-electron chi connectivity index (χ3n) is 6.87. The second kappa shape index (κ2) is 8.14. The number of carbonyl (C=O) groups is 1. The van der Waals surface area contributed by atoms with Crippen molar-refractivity contribution in [2.24, 2.45) is 17.8 Å². The van der Waals surface area contributed by atoms with Crippen molar-refractivity contribution < 1.29 is 9.21 Å². The molecule has 6 heteroatoms.